The van der Waals surface area contributed by atoms with Crippen molar-refractivity contribution in [1.82, 2.24) is 10.2 Å². The van der Waals surface area contributed by atoms with Crippen LogP contribution in [-0.4, -0.2) is 59.6 Å². The maximum atomic E-state index is 13.5. The van der Waals surface area contributed by atoms with Crippen LogP contribution in [0.25, 0.3) is 11.1 Å². The molecule has 1 unspecified atom stereocenters. The van der Waals surface area contributed by atoms with E-state index >= 15 is 0 Å². The number of fused-ring (bicyclic) bond motifs is 3. The molecular weight excluding hydrogens is 434 g/mol. The van der Waals surface area contributed by atoms with E-state index in [0.717, 1.165) is 27.2 Å². The van der Waals surface area contributed by atoms with E-state index in [0.29, 0.717) is 0 Å². The molecule has 2 N–H and O–H groups in total. The first kappa shape index (κ1) is 24.2. The molecule has 0 spiro atoms. The summed E-state index contributed by atoms with van der Waals surface area (Å²) in [6, 6.07) is 13.6. The number of carbonyl (C=O) groups excluding carboxylic acids is 2. The molecule has 2 aromatic rings. The average molecular weight is 460 g/mol. The van der Waals surface area contributed by atoms with E-state index in [9.17, 15) is 28.3 Å². The van der Waals surface area contributed by atoms with Crippen LogP contribution in [0.15, 0.2) is 48.5 Å². The molecule has 3 rings (SSSR count). The molecule has 9 heteroatoms. The Kier molecular flexibility index (Phi) is 7.00. The predicted octanol–water partition coefficient (Wildman–Crippen LogP) is 3.87. The minimum Gasteiger partial charge on any atom is -0.480 e. The fourth-order valence-electron chi connectivity index (χ4n) is 3.77. The highest BCUT2D eigenvalue weighted by atomic mass is 19.3. The fraction of sp³-hybridized carbons (Fsp3) is 0.375. The van der Waals surface area contributed by atoms with Crippen LogP contribution in [0.2, 0.25) is 0 Å². The van der Waals surface area contributed by atoms with Crippen molar-refractivity contribution < 1.29 is 33.0 Å². The first-order valence-corrected chi connectivity index (χ1v) is 10.4. The van der Waals surface area contributed by atoms with E-state index in [1.54, 1.807) is 0 Å². The number of nitrogens with one attached hydrogen (secondary N) is 1. The number of aliphatic carboxylic acids is 1. The second kappa shape index (κ2) is 9.56. The monoisotopic (exact) mass is 460 g/mol. The molecule has 0 fully saturated rings. The number of hydrogen-bond donors (Lipinski definition) is 2. The Hall–Kier alpha value is -3.49. The van der Waals surface area contributed by atoms with Crippen molar-refractivity contribution in [2.75, 3.05) is 13.7 Å². The van der Waals surface area contributed by atoms with Crippen LogP contribution in [0.5, 0.6) is 0 Å². The molecule has 7 nitrogen and oxygen atoms in total. The van der Waals surface area contributed by atoms with E-state index in [2.05, 4.69) is 0 Å². The lowest BCUT2D eigenvalue weighted by Gasteiger charge is -2.32. The Labute approximate surface area is 190 Å². The van der Waals surface area contributed by atoms with E-state index in [1.165, 1.54) is 20.9 Å². The topological polar surface area (TPSA) is 95.9 Å². The number of benzene rings is 2. The van der Waals surface area contributed by atoms with Crippen molar-refractivity contribution >= 4 is 18.0 Å². The number of alkyl carbamates (subject to hydrolysis) is 1. The van der Waals surface area contributed by atoms with Gasteiger partial charge >= 0.3 is 12.1 Å². The lowest BCUT2D eigenvalue weighted by Crippen LogP contribution is -2.53. The van der Waals surface area contributed by atoms with Gasteiger partial charge in [0.05, 0.1) is 6.42 Å². The van der Waals surface area contributed by atoms with E-state index < -0.39 is 42.4 Å². The number of alkyl halides is 2. The summed E-state index contributed by atoms with van der Waals surface area (Å²) in [7, 11) is 1.21. The average Bonchev–Trinajstić information content (AvgIpc) is 3.10. The highest BCUT2D eigenvalue weighted by Crippen LogP contribution is 2.44. The largest absolute Gasteiger partial charge is 0.480 e. The Morgan fingerprint density at radius 2 is 1.58 bits per heavy atom. The second-order valence-electron chi connectivity index (χ2n) is 8.43. The molecule has 1 atom stereocenters. The number of carboxylic acids is 1. The molecule has 0 bridgehead atoms. The second-order valence-corrected chi connectivity index (χ2v) is 8.43. The Balaban J connectivity index is 1.64. The van der Waals surface area contributed by atoms with Crippen LogP contribution in [0.4, 0.5) is 13.6 Å². The van der Waals surface area contributed by atoms with Gasteiger partial charge in [-0.05, 0) is 36.1 Å². The summed E-state index contributed by atoms with van der Waals surface area (Å²) in [6.07, 6.45) is -4.89. The summed E-state index contributed by atoms with van der Waals surface area (Å²) in [5, 5.41) is 11.3. The molecule has 0 radical (unpaired) electrons. The molecule has 1 aliphatic carbocycles. The van der Waals surface area contributed by atoms with Gasteiger partial charge in [0.15, 0.2) is 0 Å². The smallest absolute Gasteiger partial charge is 0.407 e. The first-order valence-electron chi connectivity index (χ1n) is 10.4. The highest BCUT2D eigenvalue weighted by Gasteiger charge is 2.37. The van der Waals surface area contributed by atoms with Gasteiger partial charge in [0.25, 0.3) is 6.43 Å². The number of ether oxygens (including phenoxy) is 1. The van der Waals surface area contributed by atoms with Crippen molar-refractivity contribution in [2.45, 2.75) is 44.2 Å². The fourth-order valence-corrected chi connectivity index (χ4v) is 3.77. The van der Waals surface area contributed by atoms with Crippen molar-refractivity contribution in [1.29, 1.82) is 0 Å². The predicted molar refractivity (Wildman–Crippen MR) is 117 cm³/mol. The highest BCUT2D eigenvalue weighted by molar-refractivity contribution is 5.86. The summed E-state index contributed by atoms with van der Waals surface area (Å²) in [5.74, 6) is -2.36. The van der Waals surface area contributed by atoms with E-state index in [1.807, 2.05) is 53.8 Å². The molecular formula is C24H26F2N2O5. The van der Waals surface area contributed by atoms with E-state index in [-0.39, 0.29) is 12.5 Å². The summed E-state index contributed by atoms with van der Waals surface area (Å²) >= 11 is 0. The van der Waals surface area contributed by atoms with Crippen LogP contribution in [0.1, 0.15) is 37.3 Å². The molecule has 1 aliphatic rings. The molecule has 0 saturated carbocycles. The van der Waals surface area contributed by atoms with Crippen LogP contribution >= 0.6 is 0 Å². The Morgan fingerprint density at radius 1 is 1.06 bits per heavy atom. The maximum Gasteiger partial charge on any atom is 0.407 e. The van der Waals surface area contributed by atoms with Gasteiger partial charge in [-0.3, -0.25) is 4.79 Å². The van der Waals surface area contributed by atoms with Gasteiger partial charge in [-0.1, -0.05) is 48.5 Å². The van der Waals surface area contributed by atoms with Crippen molar-refractivity contribution in [2.24, 2.45) is 0 Å². The number of likely N-dealkylation sites (N-methyl/N-ethyl adjacent to an activating group) is 1. The SMILES string of the molecule is CN(C(=O)CC(NC(=O)OCC1c2ccccc2-c2ccccc21)C(F)F)C(C)(C)C(=O)O. The summed E-state index contributed by atoms with van der Waals surface area (Å²) in [5.41, 5.74) is 2.42. The Bertz CT molecular complexity index is 1010. The quantitative estimate of drug-likeness (QED) is 0.624. The number of carbonyl (C=O) groups is 3. The number of nitrogens with zero attached hydrogens (tertiary/aromatic N) is 1. The zero-order chi connectivity index (χ0) is 24.3. The van der Waals surface area contributed by atoms with Crippen LogP contribution in [-0.2, 0) is 14.3 Å². The number of rotatable bonds is 8. The number of amides is 2. The summed E-state index contributed by atoms with van der Waals surface area (Å²) in [6.45, 7) is 2.50. The standard InChI is InChI=1S/C24H26F2N2O5/c1-24(2,22(30)31)28(3)20(29)12-19(21(25)26)27-23(32)33-13-18-16-10-6-4-8-14(16)15-9-5-7-11-17(15)18/h4-11,18-19,21H,12-13H2,1-3H3,(H,27,32)(H,30,31). The van der Waals surface area contributed by atoms with Crippen LogP contribution in [0, 0.1) is 0 Å². The first-order chi connectivity index (χ1) is 15.5. The van der Waals surface area contributed by atoms with Crippen molar-refractivity contribution in [3.63, 3.8) is 0 Å². The zero-order valence-electron chi connectivity index (χ0n) is 18.5. The van der Waals surface area contributed by atoms with Crippen LogP contribution in [0.3, 0.4) is 0 Å². The third kappa shape index (κ3) is 4.97. The number of carboxylic acid groups (broad SMARTS) is 1. The lowest BCUT2D eigenvalue weighted by atomic mass is 9.98. The molecule has 33 heavy (non-hydrogen) atoms. The molecule has 0 aliphatic heterocycles. The van der Waals surface area contributed by atoms with E-state index in [4.69, 9.17) is 4.74 Å². The maximum absolute atomic E-state index is 13.5. The molecule has 0 saturated heterocycles. The van der Waals surface area contributed by atoms with Gasteiger partial charge in [-0.15, -0.1) is 0 Å². The Morgan fingerprint density at radius 3 is 2.06 bits per heavy atom. The zero-order valence-corrected chi connectivity index (χ0v) is 18.5. The minimum atomic E-state index is -3.05. The van der Waals surface area contributed by atoms with Gasteiger partial charge < -0.3 is 20.1 Å². The van der Waals surface area contributed by atoms with Gasteiger partial charge in [-0.2, -0.15) is 0 Å². The summed E-state index contributed by atoms with van der Waals surface area (Å²) in [4.78, 5) is 36.9. The van der Waals surface area contributed by atoms with Gasteiger partial charge in [0.2, 0.25) is 5.91 Å². The summed E-state index contributed by atoms with van der Waals surface area (Å²) < 4.78 is 32.3. The van der Waals surface area contributed by atoms with Crippen molar-refractivity contribution in [3.05, 3.63) is 59.7 Å². The molecule has 2 aromatic carbocycles. The molecule has 2 amide bonds. The number of hydrogen-bond acceptors (Lipinski definition) is 4. The van der Waals surface area contributed by atoms with Crippen molar-refractivity contribution in [3.8, 4) is 11.1 Å². The minimum absolute atomic E-state index is 0.0598. The van der Waals surface area contributed by atoms with Gasteiger partial charge in [0.1, 0.15) is 18.2 Å². The molecule has 0 aromatic heterocycles. The lowest BCUT2D eigenvalue weighted by molar-refractivity contribution is -0.155. The van der Waals surface area contributed by atoms with Crippen LogP contribution < -0.4 is 5.32 Å². The third-order valence-electron chi connectivity index (χ3n) is 6.08. The number of halogens is 2. The van der Waals surface area contributed by atoms with Gasteiger partial charge in [0, 0.05) is 13.0 Å². The molecule has 0 heterocycles. The molecule has 176 valence electrons. The normalized spacial score (nSPS) is 13.8. The third-order valence-corrected chi connectivity index (χ3v) is 6.08. The van der Waals surface area contributed by atoms with Gasteiger partial charge in [-0.25, -0.2) is 18.4 Å².